The summed E-state index contributed by atoms with van der Waals surface area (Å²) in [4.78, 5) is 21.9. The summed E-state index contributed by atoms with van der Waals surface area (Å²) in [5, 5.41) is 0. The topological polar surface area (TPSA) is 105 Å². The molecule has 0 rings (SSSR count). The average Bonchev–Trinajstić information content (AvgIpc) is 2.10. The largest absolute Gasteiger partial charge is 0.450 e. The van der Waals surface area contributed by atoms with Gasteiger partial charge in [-0.15, -0.1) is 0 Å². The fourth-order valence-corrected chi connectivity index (χ4v) is 2.70. The minimum Gasteiger partial charge on any atom is -0.450 e. The fraction of sp³-hybridized carbons (Fsp3) is 0.846. The quantitative estimate of drug-likeness (QED) is 0.821. The average molecular weight is 274 g/mol. The fourth-order valence-electron chi connectivity index (χ4n) is 2.70. The monoisotopic (exact) mass is 274 g/mol. The Morgan fingerprint density at radius 2 is 1.32 bits per heavy atom. The van der Waals surface area contributed by atoms with Gasteiger partial charge >= 0.3 is 12.2 Å². The van der Waals surface area contributed by atoms with E-state index in [-0.39, 0.29) is 17.4 Å². The third-order valence-electron chi connectivity index (χ3n) is 3.40. The molecule has 0 aliphatic heterocycles. The van der Waals surface area contributed by atoms with Gasteiger partial charge in [0.25, 0.3) is 0 Å². The molecule has 0 bridgehead atoms. The minimum atomic E-state index is -0.874. The van der Waals surface area contributed by atoms with Crippen molar-refractivity contribution >= 4 is 12.2 Å². The summed E-state index contributed by atoms with van der Waals surface area (Å²) in [5.41, 5.74) is 8.51. The van der Waals surface area contributed by atoms with Crippen LogP contribution < -0.4 is 11.5 Å². The Balaban J connectivity index is 5.39. The number of carbonyl (C=O) groups is 2. The van der Waals surface area contributed by atoms with Crippen LogP contribution >= 0.6 is 0 Å². The van der Waals surface area contributed by atoms with E-state index in [1.165, 1.54) is 0 Å². The molecular formula is C13H26N2O4. The molecule has 0 aromatic rings. The molecule has 2 amide bonds. The summed E-state index contributed by atoms with van der Waals surface area (Å²) in [6, 6.07) is 0. The molecule has 19 heavy (non-hydrogen) atoms. The number of carbonyl (C=O) groups excluding carboxylic acids is 2. The van der Waals surface area contributed by atoms with Crippen molar-refractivity contribution in [3.8, 4) is 0 Å². The summed E-state index contributed by atoms with van der Waals surface area (Å²) < 4.78 is 10.2. The maximum absolute atomic E-state index is 11.3. The van der Waals surface area contributed by atoms with Gasteiger partial charge < -0.3 is 20.9 Å². The van der Waals surface area contributed by atoms with Crippen molar-refractivity contribution < 1.29 is 19.1 Å². The van der Waals surface area contributed by atoms with E-state index in [4.69, 9.17) is 20.9 Å². The Labute approximate surface area is 114 Å². The number of primary amides is 2. The van der Waals surface area contributed by atoms with Gasteiger partial charge in [0.1, 0.15) is 5.60 Å². The number of amides is 2. The summed E-state index contributed by atoms with van der Waals surface area (Å²) >= 11 is 0. The van der Waals surface area contributed by atoms with E-state index in [1.807, 2.05) is 41.5 Å². The maximum Gasteiger partial charge on any atom is 0.405 e. The molecule has 4 N–H and O–H groups in total. The minimum absolute atomic E-state index is 0.0666. The lowest BCUT2D eigenvalue weighted by atomic mass is 9.61. The van der Waals surface area contributed by atoms with Crippen LogP contribution in [0, 0.1) is 10.8 Å². The van der Waals surface area contributed by atoms with E-state index in [0.29, 0.717) is 6.42 Å². The standard InChI is InChI=1S/C13H26N2O4/c1-11(2,3)13(12(4,5)6,19-10(15)17)7-8-18-9(14)16/h7-8H2,1-6H3,(H2,14,16)(H2,15,17). The van der Waals surface area contributed by atoms with Gasteiger partial charge in [-0.05, 0) is 0 Å². The molecule has 0 aromatic carbocycles. The third kappa shape index (κ3) is 4.29. The summed E-state index contributed by atoms with van der Waals surface area (Å²) in [6.45, 7) is 11.8. The van der Waals surface area contributed by atoms with Crippen molar-refractivity contribution in [3.05, 3.63) is 0 Å². The summed E-state index contributed by atoms with van der Waals surface area (Å²) in [7, 11) is 0. The number of hydrogen-bond acceptors (Lipinski definition) is 4. The summed E-state index contributed by atoms with van der Waals surface area (Å²) in [6.07, 6.45) is -1.37. The lowest BCUT2D eigenvalue weighted by Crippen LogP contribution is -2.57. The van der Waals surface area contributed by atoms with Crippen molar-refractivity contribution in [2.45, 2.75) is 53.6 Å². The molecule has 0 aliphatic rings. The highest BCUT2D eigenvalue weighted by atomic mass is 16.6. The zero-order valence-electron chi connectivity index (χ0n) is 12.7. The smallest absolute Gasteiger partial charge is 0.405 e. The van der Waals surface area contributed by atoms with Crippen molar-refractivity contribution in [2.24, 2.45) is 22.3 Å². The molecule has 0 aliphatic carbocycles. The highest BCUT2D eigenvalue weighted by molar-refractivity contribution is 5.65. The summed E-state index contributed by atoms with van der Waals surface area (Å²) in [5.74, 6) is 0. The number of nitrogens with two attached hydrogens (primary N) is 2. The SMILES string of the molecule is CC(C)(C)C(CCOC(N)=O)(OC(N)=O)C(C)(C)C. The molecule has 6 heteroatoms. The van der Waals surface area contributed by atoms with Crippen molar-refractivity contribution in [3.63, 3.8) is 0 Å². The third-order valence-corrected chi connectivity index (χ3v) is 3.40. The van der Waals surface area contributed by atoms with Crippen molar-refractivity contribution in [2.75, 3.05) is 6.61 Å². The molecule has 6 nitrogen and oxygen atoms in total. The van der Waals surface area contributed by atoms with Crippen LogP contribution in [0.1, 0.15) is 48.0 Å². The highest BCUT2D eigenvalue weighted by Crippen LogP contribution is 2.49. The van der Waals surface area contributed by atoms with Crippen LogP contribution in [-0.2, 0) is 9.47 Å². The van der Waals surface area contributed by atoms with Gasteiger partial charge in [-0.25, -0.2) is 9.59 Å². The second-order valence-corrected chi connectivity index (χ2v) is 6.67. The maximum atomic E-state index is 11.3. The van der Waals surface area contributed by atoms with Gasteiger partial charge in [-0.2, -0.15) is 0 Å². The Bertz CT molecular complexity index is 326. The predicted molar refractivity (Wildman–Crippen MR) is 72.5 cm³/mol. The van der Waals surface area contributed by atoms with Gasteiger partial charge in [0, 0.05) is 17.3 Å². The van der Waals surface area contributed by atoms with Crippen molar-refractivity contribution in [1.29, 1.82) is 0 Å². The van der Waals surface area contributed by atoms with Crippen LogP contribution in [0.2, 0.25) is 0 Å². The molecular weight excluding hydrogens is 248 g/mol. The van der Waals surface area contributed by atoms with Crippen LogP contribution in [0.4, 0.5) is 9.59 Å². The van der Waals surface area contributed by atoms with E-state index in [1.54, 1.807) is 0 Å². The number of hydrogen-bond donors (Lipinski definition) is 2. The predicted octanol–water partition coefficient (Wildman–Crippen LogP) is 2.40. The first-order valence-electron chi connectivity index (χ1n) is 6.24. The van der Waals surface area contributed by atoms with Gasteiger partial charge in [0.2, 0.25) is 0 Å². The lowest BCUT2D eigenvalue weighted by Gasteiger charge is -2.51. The first-order chi connectivity index (χ1) is 8.33. The first-order valence-corrected chi connectivity index (χ1v) is 6.24. The van der Waals surface area contributed by atoms with E-state index in [2.05, 4.69) is 0 Å². The Morgan fingerprint density at radius 3 is 1.58 bits per heavy atom. The van der Waals surface area contributed by atoms with Crippen LogP contribution in [0.15, 0.2) is 0 Å². The molecule has 112 valence electrons. The van der Waals surface area contributed by atoms with Gasteiger partial charge in [0.05, 0.1) is 6.61 Å². The molecule has 0 aromatic heterocycles. The first kappa shape index (κ1) is 17.5. The second-order valence-electron chi connectivity index (χ2n) is 6.67. The van der Waals surface area contributed by atoms with Crippen LogP contribution in [0.25, 0.3) is 0 Å². The molecule has 0 unspecified atom stereocenters. The molecule has 0 radical (unpaired) electrons. The Kier molecular flexibility index (Phi) is 5.23. The molecule has 0 atom stereocenters. The molecule has 0 fully saturated rings. The highest BCUT2D eigenvalue weighted by Gasteiger charge is 2.53. The van der Waals surface area contributed by atoms with Gasteiger partial charge in [-0.1, -0.05) is 41.5 Å². The molecule has 0 saturated carbocycles. The van der Waals surface area contributed by atoms with Crippen LogP contribution in [0.3, 0.4) is 0 Å². The van der Waals surface area contributed by atoms with Crippen LogP contribution in [-0.4, -0.2) is 24.4 Å². The Morgan fingerprint density at radius 1 is 0.895 bits per heavy atom. The van der Waals surface area contributed by atoms with E-state index in [0.717, 1.165) is 0 Å². The zero-order valence-corrected chi connectivity index (χ0v) is 12.7. The van der Waals surface area contributed by atoms with Gasteiger partial charge in [-0.3, -0.25) is 0 Å². The molecule has 0 saturated heterocycles. The van der Waals surface area contributed by atoms with E-state index < -0.39 is 17.8 Å². The number of ether oxygens (including phenoxy) is 2. The van der Waals surface area contributed by atoms with E-state index >= 15 is 0 Å². The Hall–Kier alpha value is -1.46. The van der Waals surface area contributed by atoms with E-state index in [9.17, 15) is 9.59 Å². The van der Waals surface area contributed by atoms with Gasteiger partial charge in [0.15, 0.2) is 0 Å². The van der Waals surface area contributed by atoms with Crippen molar-refractivity contribution in [1.82, 2.24) is 0 Å². The zero-order chi connectivity index (χ0) is 15.5. The second kappa shape index (κ2) is 5.67. The molecule has 0 spiro atoms. The normalized spacial score (nSPS) is 12.9. The molecule has 0 heterocycles. The van der Waals surface area contributed by atoms with Crippen LogP contribution in [0.5, 0.6) is 0 Å². The number of rotatable bonds is 4. The lowest BCUT2D eigenvalue weighted by molar-refractivity contribution is -0.148.